The minimum atomic E-state index is -0.268. The van der Waals surface area contributed by atoms with Gasteiger partial charge in [0.05, 0.1) is 5.75 Å². The highest BCUT2D eigenvalue weighted by Gasteiger charge is 2.04. The van der Waals surface area contributed by atoms with Gasteiger partial charge in [-0.05, 0) is 41.3 Å². The van der Waals surface area contributed by atoms with Crippen molar-refractivity contribution < 1.29 is 9.18 Å². The summed E-state index contributed by atoms with van der Waals surface area (Å²) in [5.74, 6) is 0.596. The van der Waals surface area contributed by atoms with Crippen molar-refractivity contribution in [2.45, 2.75) is 31.2 Å². The largest absolute Gasteiger partial charge is 0.351 e. The Bertz CT molecular complexity index is 608. The van der Waals surface area contributed by atoms with Crippen LogP contribution in [0.3, 0.4) is 0 Å². The molecule has 0 atom stereocenters. The van der Waals surface area contributed by atoms with Gasteiger partial charge in [-0.25, -0.2) is 4.39 Å². The first-order valence-corrected chi connectivity index (χ1v) is 8.27. The number of hydrogen-bond donors (Lipinski definition) is 1. The Hall–Kier alpha value is -1.81. The van der Waals surface area contributed by atoms with Gasteiger partial charge in [0.15, 0.2) is 0 Å². The van der Waals surface area contributed by atoms with Crippen molar-refractivity contribution in [2.75, 3.05) is 5.75 Å². The van der Waals surface area contributed by atoms with E-state index in [9.17, 15) is 9.18 Å². The maximum Gasteiger partial charge on any atom is 0.230 e. The molecule has 116 valence electrons. The summed E-state index contributed by atoms with van der Waals surface area (Å²) < 4.78 is 12.8. The topological polar surface area (TPSA) is 29.1 Å². The zero-order valence-electron chi connectivity index (χ0n) is 12.8. The summed E-state index contributed by atoms with van der Waals surface area (Å²) >= 11 is 1.51. The molecule has 2 nitrogen and oxygen atoms in total. The number of nitrogens with one attached hydrogen (secondary N) is 1. The Morgan fingerprint density at radius 2 is 1.73 bits per heavy atom. The molecule has 1 N–H and O–H groups in total. The first kappa shape index (κ1) is 16.6. The average molecular weight is 317 g/mol. The van der Waals surface area contributed by atoms with Crippen LogP contribution in [0, 0.1) is 5.82 Å². The van der Waals surface area contributed by atoms with Crippen molar-refractivity contribution in [1.29, 1.82) is 0 Å². The van der Waals surface area contributed by atoms with Gasteiger partial charge in [0.2, 0.25) is 5.91 Å². The van der Waals surface area contributed by atoms with Crippen LogP contribution in [0.1, 0.15) is 30.9 Å². The number of halogens is 1. The standard InChI is InChI=1S/C18H20FNOS/c1-13(2)15-5-9-17(10-6-15)22-12-18(21)20-11-14-3-7-16(19)8-4-14/h3-10,13H,11-12H2,1-2H3,(H,20,21). The molecule has 22 heavy (non-hydrogen) atoms. The predicted octanol–water partition coefficient (Wildman–Crippen LogP) is 4.36. The van der Waals surface area contributed by atoms with Gasteiger partial charge in [-0.1, -0.05) is 38.1 Å². The van der Waals surface area contributed by atoms with Crippen molar-refractivity contribution >= 4 is 17.7 Å². The van der Waals surface area contributed by atoms with Crippen LogP contribution in [0.4, 0.5) is 4.39 Å². The molecule has 0 fully saturated rings. The van der Waals surface area contributed by atoms with Crippen LogP contribution >= 0.6 is 11.8 Å². The zero-order chi connectivity index (χ0) is 15.9. The molecule has 0 saturated carbocycles. The lowest BCUT2D eigenvalue weighted by Gasteiger charge is -2.07. The number of hydrogen-bond acceptors (Lipinski definition) is 2. The lowest BCUT2D eigenvalue weighted by atomic mass is 10.0. The number of benzene rings is 2. The smallest absolute Gasteiger partial charge is 0.230 e. The Balaban J connectivity index is 1.76. The van der Waals surface area contributed by atoms with Crippen LogP contribution < -0.4 is 5.32 Å². The first-order chi connectivity index (χ1) is 10.5. The number of carbonyl (C=O) groups excluding carboxylic acids is 1. The molecule has 0 heterocycles. The molecule has 0 aliphatic carbocycles. The van der Waals surface area contributed by atoms with Crippen molar-refractivity contribution in [3.8, 4) is 0 Å². The Morgan fingerprint density at radius 3 is 2.32 bits per heavy atom. The normalized spacial score (nSPS) is 10.7. The third-order valence-corrected chi connectivity index (χ3v) is 4.33. The van der Waals surface area contributed by atoms with Gasteiger partial charge in [-0.3, -0.25) is 4.79 Å². The molecule has 0 saturated heterocycles. The SMILES string of the molecule is CC(C)c1ccc(SCC(=O)NCc2ccc(F)cc2)cc1. The molecule has 1 amide bonds. The molecular formula is C18H20FNOS. The van der Waals surface area contributed by atoms with Gasteiger partial charge in [0, 0.05) is 11.4 Å². The molecular weight excluding hydrogens is 297 g/mol. The Morgan fingerprint density at radius 1 is 1.09 bits per heavy atom. The van der Waals surface area contributed by atoms with Crippen LogP contribution in [-0.2, 0) is 11.3 Å². The third kappa shape index (κ3) is 5.19. The Kier molecular flexibility index (Phi) is 6.01. The van der Waals surface area contributed by atoms with E-state index in [1.165, 1.54) is 29.5 Å². The summed E-state index contributed by atoms with van der Waals surface area (Å²) in [6.07, 6.45) is 0. The summed E-state index contributed by atoms with van der Waals surface area (Å²) in [5, 5.41) is 2.84. The lowest BCUT2D eigenvalue weighted by molar-refractivity contribution is -0.118. The fourth-order valence-electron chi connectivity index (χ4n) is 1.95. The van der Waals surface area contributed by atoms with Crippen molar-refractivity contribution in [2.24, 2.45) is 0 Å². The zero-order valence-corrected chi connectivity index (χ0v) is 13.6. The minimum absolute atomic E-state index is 0.0257. The van der Waals surface area contributed by atoms with Gasteiger partial charge in [0.1, 0.15) is 5.82 Å². The maximum atomic E-state index is 12.8. The number of carbonyl (C=O) groups is 1. The van der Waals surface area contributed by atoms with Crippen molar-refractivity contribution in [3.05, 3.63) is 65.5 Å². The molecule has 4 heteroatoms. The molecule has 2 aromatic rings. The van der Waals surface area contributed by atoms with Crippen molar-refractivity contribution in [1.82, 2.24) is 5.32 Å². The summed E-state index contributed by atoms with van der Waals surface area (Å²) in [7, 11) is 0. The van der Waals surface area contributed by atoms with Gasteiger partial charge >= 0.3 is 0 Å². The molecule has 0 spiro atoms. The van der Waals surface area contributed by atoms with Crippen LogP contribution in [0.15, 0.2) is 53.4 Å². The number of amides is 1. The fourth-order valence-corrected chi connectivity index (χ4v) is 2.68. The number of thioether (sulfide) groups is 1. The number of rotatable bonds is 6. The first-order valence-electron chi connectivity index (χ1n) is 7.28. The highest BCUT2D eigenvalue weighted by Crippen LogP contribution is 2.21. The summed E-state index contributed by atoms with van der Waals surface area (Å²) in [5.41, 5.74) is 2.19. The van der Waals surface area contributed by atoms with E-state index < -0.39 is 0 Å². The van der Waals surface area contributed by atoms with Gasteiger partial charge in [-0.2, -0.15) is 0 Å². The van der Waals surface area contributed by atoms with Crippen LogP contribution in [-0.4, -0.2) is 11.7 Å². The molecule has 0 unspecified atom stereocenters. The Labute approximate surface area is 135 Å². The second-order valence-corrected chi connectivity index (χ2v) is 6.46. The van der Waals surface area contributed by atoms with Crippen LogP contribution in [0.5, 0.6) is 0 Å². The van der Waals surface area contributed by atoms with E-state index >= 15 is 0 Å². The van der Waals surface area contributed by atoms with E-state index in [0.717, 1.165) is 10.5 Å². The van der Waals surface area contributed by atoms with Gasteiger partial charge in [-0.15, -0.1) is 11.8 Å². The highest BCUT2D eigenvalue weighted by molar-refractivity contribution is 8.00. The highest BCUT2D eigenvalue weighted by atomic mass is 32.2. The third-order valence-electron chi connectivity index (χ3n) is 3.32. The van der Waals surface area contributed by atoms with Crippen molar-refractivity contribution in [3.63, 3.8) is 0 Å². The summed E-state index contributed by atoms with van der Waals surface area (Å²) in [4.78, 5) is 12.9. The average Bonchev–Trinajstić information content (AvgIpc) is 2.52. The van der Waals surface area contributed by atoms with E-state index in [-0.39, 0.29) is 11.7 Å². The fraction of sp³-hybridized carbons (Fsp3) is 0.278. The molecule has 0 radical (unpaired) electrons. The van der Waals surface area contributed by atoms with E-state index in [0.29, 0.717) is 18.2 Å². The van der Waals surface area contributed by atoms with Gasteiger partial charge in [0.25, 0.3) is 0 Å². The van der Waals surface area contributed by atoms with E-state index in [4.69, 9.17) is 0 Å². The summed E-state index contributed by atoms with van der Waals surface area (Å²) in [6.45, 7) is 4.74. The lowest BCUT2D eigenvalue weighted by Crippen LogP contribution is -2.24. The van der Waals surface area contributed by atoms with Crippen LogP contribution in [0.2, 0.25) is 0 Å². The monoisotopic (exact) mass is 317 g/mol. The minimum Gasteiger partial charge on any atom is -0.351 e. The van der Waals surface area contributed by atoms with E-state index in [1.807, 2.05) is 12.1 Å². The van der Waals surface area contributed by atoms with Crippen LogP contribution in [0.25, 0.3) is 0 Å². The van der Waals surface area contributed by atoms with E-state index in [2.05, 4.69) is 31.3 Å². The van der Waals surface area contributed by atoms with Gasteiger partial charge < -0.3 is 5.32 Å². The molecule has 2 aromatic carbocycles. The van der Waals surface area contributed by atoms with E-state index in [1.54, 1.807) is 12.1 Å². The molecule has 0 aliphatic heterocycles. The second-order valence-electron chi connectivity index (χ2n) is 5.42. The summed E-state index contributed by atoms with van der Waals surface area (Å²) in [6, 6.07) is 14.4. The quantitative estimate of drug-likeness (QED) is 0.802. The maximum absolute atomic E-state index is 12.8. The second kappa shape index (κ2) is 7.99. The molecule has 0 aromatic heterocycles. The molecule has 2 rings (SSSR count). The molecule has 0 bridgehead atoms. The predicted molar refractivity (Wildman–Crippen MR) is 89.5 cm³/mol. The molecule has 0 aliphatic rings.